The second kappa shape index (κ2) is 8.69. The molecule has 2 heterocycles. The van der Waals surface area contributed by atoms with Crippen LogP contribution < -0.4 is 5.32 Å². The van der Waals surface area contributed by atoms with Gasteiger partial charge in [0.05, 0.1) is 0 Å². The smallest absolute Gasteiger partial charge is 0.318 e. The number of nitrogens with one attached hydrogen (secondary N) is 1. The normalized spacial score (nSPS) is 32.1. The van der Waals surface area contributed by atoms with Crippen LogP contribution in [0.25, 0.3) is 11.8 Å². The van der Waals surface area contributed by atoms with E-state index in [1.54, 1.807) is 6.08 Å². The molecule has 6 heteroatoms. The largest absolute Gasteiger partial charge is 0.331 e. The summed E-state index contributed by atoms with van der Waals surface area (Å²) < 4.78 is 2.20. The maximum atomic E-state index is 13.3. The van der Waals surface area contributed by atoms with Crippen LogP contribution in [0.1, 0.15) is 86.7 Å². The number of hydrogen-bond donors (Lipinski definition) is 1. The van der Waals surface area contributed by atoms with Crippen LogP contribution in [-0.4, -0.2) is 33.4 Å². The van der Waals surface area contributed by atoms with Gasteiger partial charge in [-0.15, -0.1) is 0 Å². The van der Waals surface area contributed by atoms with Crippen LogP contribution in [0.15, 0.2) is 35.9 Å². The van der Waals surface area contributed by atoms with Crippen LogP contribution in [0, 0.1) is 31.6 Å². The number of amides is 4. The van der Waals surface area contributed by atoms with Gasteiger partial charge in [-0.05, 0) is 124 Å². The molecule has 8 rings (SSSR count). The zero-order valence-electron chi connectivity index (χ0n) is 22.5. The second-order valence-electron chi connectivity index (χ2n) is 12.8. The van der Waals surface area contributed by atoms with Crippen molar-refractivity contribution in [3.05, 3.63) is 58.4 Å². The Kier molecular flexibility index (Phi) is 5.47. The van der Waals surface area contributed by atoms with Gasteiger partial charge in [-0.25, -0.2) is 4.79 Å². The molecule has 0 unspecified atom stereocenters. The summed E-state index contributed by atoms with van der Waals surface area (Å²) >= 11 is 0. The van der Waals surface area contributed by atoms with E-state index in [0.717, 1.165) is 66.1 Å². The summed E-state index contributed by atoms with van der Waals surface area (Å²) in [5, 5.41) is 2.39. The summed E-state index contributed by atoms with van der Waals surface area (Å²) in [5.41, 5.74) is 5.86. The van der Waals surface area contributed by atoms with Crippen LogP contribution in [0.2, 0.25) is 0 Å². The fraction of sp³-hybridized carbons (Fsp3) is 0.531. The van der Waals surface area contributed by atoms with Gasteiger partial charge in [-0.3, -0.25) is 19.8 Å². The highest BCUT2D eigenvalue weighted by molar-refractivity contribution is 6.31. The molecule has 5 aliphatic carbocycles. The minimum Gasteiger partial charge on any atom is -0.318 e. The van der Waals surface area contributed by atoms with Crippen LogP contribution in [0.3, 0.4) is 0 Å². The van der Waals surface area contributed by atoms with Crippen LogP contribution in [-0.2, 0) is 15.0 Å². The van der Waals surface area contributed by atoms with E-state index in [0.29, 0.717) is 5.41 Å². The number of imide groups is 2. The van der Waals surface area contributed by atoms with E-state index in [2.05, 4.69) is 41.1 Å². The number of hydrogen-bond acceptors (Lipinski definition) is 3. The zero-order valence-corrected chi connectivity index (χ0v) is 22.5. The summed E-state index contributed by atoms with van der Waals surface area (Å²) in [7, 11) is 0. The van der Waals surface area contributed by atoms with Gasteiger partial charge < -0.3 is 4.57 Å². The number of rotatable bonds is 4. The highest BCUT2D eigenvalue weighted by Crippen LogP contribution is 2.60. The number of urea groups is 1. The van der Waals surface area contributed by atoms with Gasteiger partial charge in [-0.1, -0.05) is 25.0 Å². The molecule has 2 aromatic rings. The molecule has 6 nitrogen and oxygen atoms in total. The molecule has 6 aliphatic rings. The van der Waals surface area contributed by atoms with Gasteiger partial charge in [0, 0.05) is 23.1 Å². The second-order valence-corrected chi connectivity index (χ2v) is 12.8. The van der Waals surface area contributed by atoms with E-state index in [9.17, 15) is 14.4 Å². The monoisotopic (exact) mass is 511 g/mol. The van der Waals surface area contributed by atoms with Gasteiger partial charge in [0.15, 0.2) is 0 Å². The molecule has 198 valence electrons. The highest BCUT2D eigenvalue weighted by Gasteiger charge is 2.51. The van der Waals surface area contributed by atoms with Gasteiger partial charge in [-0.2, -0.15) is 0 Å². The van der Waals surface area contributed by atoms with Crippen molar-refractivity contribution < 1.29 is 14.4 Å². The Labute approximate surface area is 224 Å². The molecular weight excluding hydrogens is 474 g/mol. The van der Waals surface area contributed by atoms with E-state index in [-0.39, 0.29) is 11.6 Å². The first-order valence-corrected chi connectivity index (χ1v) is 14.5. The summed E-state index contributed by atoms with van der Waals surface area (Å²) in [6.45, 7) is 4.08. The van der Waals surface area contributed by atoms with Gasteiger partial charge in [0.2, 0.25) is 0 Å². The van der Waals surface area contributed by atoms with Crippen molar-refractivity contribution in [2.75, 3.05) is 0 Å². The molecule has 1 saturated heterocycles. The van der Waals surface area contributed by atoms with E-state index in [1.165, 1.54) is 49.0 Å². The Morgan fingerprint density at radius 1 is 0.895 bits per heavy atom. The van der Waals surface area contributed by atoms with Crippen LogP contribution in [0.4, 0.5) is 4.79 Å². The zero-order chi connectivity index (χ0) is 26.2. The Hall–Kier alpha value is -3.15. The molecule has 1 aromatic heterocycles. The van der Waals surface area contributed by atoms with E-state index in [4.69, 9.17) is 0 Å². The Bertz CT molecular complexity index is 1320. The lowest BCUT2D eigenvalue weighted by molar-refractivity contribution is -0.131. The average molecular weight is 512 g/mol. The molecule has 4 bridgehead atoms. The number of barbiturate groups is 1. The molecule has 1 aromatic carbocycles. The predicted octanol–water partition coefficient (Wildman–Crippen LogP) is 5.97. The Morgan fingerprint density at radius 2 is 1.50 bits per heavy atom. The lowest BCUT2D eigenvalue weighted by Gasteiger charge is -2.57. The van der Waals surface area contributed by atoms with Crippen molar-refractivity contribution in [1.29, 1.82) is 0 Å². The summed E-state index contributed by atoms with van der Waals surface area (Å²) in [5.74, 6) is 1.68. The Balaban J connectivity index is 1.18. The molecule has 0 atom stereocenters. The molecule has 6 fully saturated rings. The summed E-state index contributed by atoms with van der Waals surface area (Å²) in [6, 6.07) is 10.5. The molecule has 0 spiro atoms. The molecule has 38 heavy (non-hydrogen) atoms. The third-order valence-corrected chi connectivity index (χ3v) is 10.4. The first-order valence-electron chi connectivity index (χ1n) is 14.5. The van der Waals surface area contributed by atoms with Crippen LogP contribution in [0.5, 0.6) is 0 Å². The number of carbonyl (C=O) groups excluding carboxylic acids is 3. The fourth-order valence-corrected chi connectivity index (χ4v) is 9.08. The fourth-order valence-electron chi connectivity index (χ4n) is 9.08. The lowest BCUT2D eigenvalue weighted by atomic mass is 9.48. The molecule has 0 radical (unpaired) electrons. The van der Waals surface area contributed by atoms with Crippen molar-refractivity contribution in [2.24, 2.45) is 17.8 Å². The van der Waals surface area contributed by atoms with E-state index < -0.39 is 17.8 Å². The van der Waals surface area contributed by atoms with Gasteiger partial charge in [0.1, 0.15) is 5.57 Å². The SMILES string of the molecule is Cc1cc(/C=C2\C(=O)NC(=O)N(C3CCCC3)C2=O)c(C)n1-c1ccc(C23CC4CC(CC(C4)C2)C3)cc1. The Morgan fingerprint density at radius 3 is 2.11 bits per heavy atom. The summed E-state index contributed by atoms with van der Waals surface area (Å²) in [4.78, 5) is 39.7. The standard InChI is InChI=1S/C32H37N3O3/c1-19-11-24(15-28-29(36)33-31(38)35(30(28)37)26-5-3-4-6-26)20(2)34(19)27-9-7-25(8-10-27)32-16-21-12-22(17-32)14-23(13-21)18-32/h7-11,15,21-23,26H,3-6,12-14,16-18H2,1-2H3,(H,33,36,38)/b28-15+. The van der Waals surface area contributed by atoms with Crippen molar-refractivity contribution in [3.63, 3.8) is 0 Å². The maximum Gasteiger partial charge on any atom is 0.331 e. The molecular formula is C32H37N3O3. The molecule has 5 saturated carbocycles. The number of aromatic nitrogens is 1. The highest BCUT2D eigenvalue weighted by atomic mass is 16.2. The summed E-state index contributed by atoms with van der Waals surface area (Å²) in [6.07, 6.45) is 13.7. The predicted molar refractivity (Wildman–Crippen MR) is 146 cm³/mol. The molecule has 4 amide bonds. The number of benzene rings is 1. The van der Waals surface area contributed by atoms with E-state index in [1.807, 2.05) is 13.0 Å². The van der Waals surface area contributed by atoms with Crippen molar-refractivity contribution in [2.45, 2.75) is 89.5 Å². The first-order chi connectivity index (χ1) is 18.3. The average Bonchev–Trinajstić information content (AvgIpc) is 3.49. The lowest BCUT2D eigenvalue weighted by Crippen LogP contribution is -2.57. The molecule has 1 N–H and O–H groups in total. The first kappa shape index (κ1) is 23.9. The van der Waals surface area contributed by atoms with Crippen LogP contribution >= 0.6 is 0 Å². The van der Waals surface area contributed by atoms with Gasteiger partial charge >= 0.3 is 6.03 Å². The maximum absolute atomic E-state index is 13.3. The van der Waals surface area contributed by atoms with E-state index >= 15 is 0 Å². The quantitative estimate of drug-likeness (QED) is 0.406. The number of nitrogens with zero attached hydrogens (tertiary/aromatic N) is 2. The third-order valence-electron chi connectivity index (χ3n) is 10.4. The van der Waals surface area contributed by atoms with Crippen molar-refractivity contribution >= 4 is 23.9 Å². The number of aryl methyl sites for hydroxylation is 1. The third kappa shape index (κ3) is 3.70. The minimum absolute atomic E-state index is 0.0360. The van der Waals surface area contributed by atoms with Crippen molar-refractivity contribution in [3.8, 4) is 5.69 Å². The van der Waals surface area contributed by atoms with Gasteiger partial charge in [0.25, 0.3) is 11.8 Å². The topological polar surface area (TPSA) is 71.4 Å². The number of carbonyl (C=O) groups is 3. The molecule has 1 aliphatic heterocycles. The minimum atomic E-state index is -0.612. The van der Waals surface area contributed by atoms with Crippen molar-refractivity contribution in [1.82, 2.24) is 14.8 Å².